The van der Waals surface area contributed by atoms with Crippen molar-refractivity contribution < 1.29 is 39.9 Å². The summed E-state index contributed by atoms with van der Waals surface area (Å²) in [5, 5.41) is 0. The third kappa shape index (κ3) is 3.54. The molecule has 0 aliphatic heterocycles. The lowest BCUT2D eigenvalue weighted by atomic mass is 10.0. The summed E-state index contributed by atoms with van der Waals surface area (Å²) in [6.45, 7) is -0.296. The maximum Gasteiger partial charge on any atom is 0.460 e. The molecule has 2 N–H and O–H groups in total. The first kappa shape index (κ1) is 19.8. The van der Waals surface area contributed by atoms with Crippen molar-refractivity contribution in [2.75, 3.05) is 5.73 Å². The average Bonchev–Trinajstić information content (AvgIpc) is 2.55. The summed E-state index contributed by atoms with van der Waals surface area (Å²) < 4.78 is 109. The Bertz CT molecular complexity index is 774. The lowest BCUT2D eigenvalue weighted by Gasteiger charge is -2.28. The van der Waals surface area contributed by atoms with Gasteiger partial charge in [-0.2, -0.15) is 30.7 Å². The van der Waals surface area contributed by atoms with Gasteiger partial charge >= 0.3 is 18.0 Å². The molecule has 2 aromatic carbocycles. The Kier molecular flexibility index (Phi) is 5.07. The van der Waals surface area contributed by atoms with E-state index in [-0.39, 0.29) is 18.7 Å². The number of hydrogen-bond donors (Lipinski definition) is 1. The van der Waals surface area contributed by atoms with Gasteiger partial charge in [0, 0.05) is 5.56 Å². The second-order valence-corrected chi connectivity index (χ2v) is 5.29. The summed E-state index contributed by atoms with van der Waals surface area (Å²) >= 11 is 0. The van der Waals surface area contributed by atoms with Crippen LogP contribution < -0.4 is 10.5 Å². The fourth-order valence-corrected chi connectivity index (χ4v) is 1.99. The summed E-state index contributed by atoms with van der Waals surface area (Å²) in [6, 6.07) is 7.99. The summed E-state index contributed by atoms with van der Waals surface area (Å²) in [7, 11) is 0. The van der Waals surface area contributed by atoms with E-state index in [0.717, 1.165) is 0 Å². The molecular formula is C16H11F8NO. The number of halogens is 8. The van der Waals surface area contributed by atoms with E-state index in [1.54, 1.807) is 30.3 Å². The third-order valence-corrected chi connectivity index (χ3v) is 3.44. The van der Waals surface area contributed by atoms with Gasteiger partial charge in [0.1, 0.15) is 23.9 Å². The van der Waals surface area contributed by atoms with Crippen LogP contribution in [0.3, 0.4) is 0 Å². The van der Waals surface area contributed by atoms with E-state index in [0.29, 0.717) is 5.56 Å². The van der Waals surface area contributed by atoms with Crippen molar-refractivity contribution >= 4 is 5.69 Å². The van der Waals surface area contributed by atoms with Crippen LogP contribution in [0.2, 0.25) is 0 Å². The Morgan fingerprint density at radius 2 is 1.46 bits per heavy atom. The molecular weight excluding hydrogens is 374 g/mol. The summed E-state index contributed by atoms with van der Waals surface area (Å²) in [5.41, 5.74) is 3.10. The molecule has 0 saturated carbocycles. The molecule has 0 amide bonds. The first-order valence-electron chi connectivity index (χ1n) is 6.96. The monoisotopic (exact) mass is 385 g/mol. The largest absolute Gasteiger partial charge is 0.487 e. The van der Waals surface area contributed by atoms with Crippen LogP contribution in [0.15, 0.2) is 42.5 Å². The van der Waals surface area contributed by atoms with Gasteiger partial charge in [-0.15, -0.1) is 0 Å². The van der Waals surface area contributed by atoms with Crippen molar-refractivity contribution in [2.45, 2.75) is 24.6 Å². The van der Waals surface area contributed by atoms with Gasteiger partial charge in [0.2, 0.25) is 0 Å². The zero-order chi connectivity index (χ0) is 19.8. The smallest absolute Gasteiger partial charge is 0.460 e. The summed E-state index contributed by atoms with van der Waals surface area (Å²) in [5.74, 6) is -14.5. The third-order valence-electron chi connectivity index (χ3n) is 3.44. The number of nitrogen functional groups attached to an aromatic ring is 1. The maximum atomic E-state index is 13.8. The van der Waals surface area contributed by atoms with Crippen LogP contribution in [-0.4, -0.2) is 12.1 Å². The Morgan fingerprint density at radius 3 is 2.00 bits per heavy atom. The molecule has 26 heavy (non-hydrogen) atoms. The van der Waals surface area contributed by atoms with Crippen molar-refractivity contribution in [3.8, 4) is 5.75 Å². The number of benzene rings is 2. The van der Waals surface area contributed by atoms with E-state index < -0.39 is 40.8 Å². The molecule has 0 spiro atoms. The van der Waals surface area contributed by atoms with Gasteiger partial charge in [0.15, 0.2) is 0 Å². The van der Waals surface area contributed by atoms with Gasteiger partial charge in [0.05, 0.1) is 0 Å². The molecule has 0 fully saturated rings. The van der Waals surface area contributed by atoms with Crippen LogP contribution in [0.4, 0.5) is 40.8 Å². The number of ether oxygens (including phenoxy) is 1. The van der Waals surface area contributed by atoms with Crippen molar-refractivity contribution in [1.29, 1.82) is 0 Å². The molecule has 0 atom stereocenters. The molecule has 0 bridgehead atoms. The van der Waals surface area contributed by atoms with Crippen LogP contribution in [0, 0.1) is 5.82 Å². The minimum atomic E-state index is -6.54. The lowest BCUT2D eigenvalue weighted by Crippen LogP contribution is -2.50. The average molecular weight is 385 g/mol. The molecule has 0 radical (unpaired) electrons. The molecule has 0 aromatic heterocycles. The first-order valence-corrected chi connectivity index (χ1v) is 6.96. The van der Waals surface area contributed by atoms with Gasteiger partial charge in [-0.25, -0.2) is 4.39 Å². The Morgan fingerprint density at radius 1 is 0.885 bits per heavy atom. The molecule has 0 saturated heterocycles. The van der Waals surface area contributed by atoms with Gasteiger partial charge in [0.25, 0.3) is 0 Å². The number of rotatable bonds is 5. The van der Waals surface area contributed by atoms with Gasteiger partial charge in [-0.05, 0) is 17.7 Å². The quantitative estimate of drug-likeness (QED) is 0.562. The van der Waals surface area contributed by atoms with Gasteiger partial charge < -0.3 is 10.5 Å². The molecule has 2 aromatic rings. The molecule has 0 aliphatic rings. The number of nitrogens with two attached hydrogens (primary N) is 1. The van der Waals surface area contributed by atoms with Crippen LogP contribution in [0.5, 0.6) is 5.75 Å². The van der Waals surface area contributed by atoms with E-state index >= 15 is 0 Å². The minimum Gasteiger partial charge on any atom is -0.487 e. The van der Waals surface area contributed by atoms with Crippen LogP contribution in [-0.2, 0) is 12.5 Å². The summed E-state index contributed by atoms with van der Waals surface area (Å²) in [4.78, 5) is 0. The number of anilines is 1. The maximum absolute atomic E-state index is 13.8. The summed E-state index contributed by atoms with van der Waals surface area (Å²) in [6.07, 6.45) is -6.54. The molecule has 0 aliphatic carbocycles. The predicted molar refractivity (Wildman–Crippen MR) is 76.5 cm³/mol. The Labute approximate surface area is 142 Å². The Balaban J connectivity index is 2.40. The number of hydrogen-bond acceptors (Lipinski definition) is 2. The molecule has 2 rings (SSSR count). The van der Waals surface area contributed by atoms with E-state index in [1.165, 1.54) is 0 Å². The molecule has 2 nitrogen and oxygen atoms in total. The van der Waals surface area contributed by atoms with Crippen LogP contribution >= 0.6 is 0 Å². The van der Waals surface area contributed by atoms with E-state index in [1.807, 2.05) is 0 Å². The Hall–Kier alpha value is -2.52. The van der Waals surface area contributed by atoms with Gasteiger partial charge in [-0.1, -0.05) is 30.3 Å². The van der Waals surface area contributed by atoms with Gasteiger partial charge in [-0.3, -0.25) is 0 Å². The predicted octanol–water partition coefficient (Wildman–Crippen LogP) is 5.28. The standard InChI is InChI=1S/C16H11F8NO/c17-11-6-10(14(18,19)15(20,21)16(22,23)24)7-12(13(11)25)26-8-9-4-2-1-3-5-9/h1-7H,8,25H2. The highest BCUT2D eigenvalue weighted by atomic mass is 19.4. The van der Waals surface area contributed by atoms with Crippen LogP contribution in [0.1, 0.15) is 11.1 Å². The van der Waals surface area contributed by atoms with Crippen molar-refractivity contribution in [3.05, 3.63) is 59.4 Å². The zero-order valence-electron chi connectivity index (χ0n) is 12.8. The lowest BCUT2D eigenvalue weighted by molar-refractivity contribution is -0.359. The highest BCUT2D eigenvalue weighted by Crippen LogP contribution is 2.52. The van der Waals surface area contributed by atoms with Crippen LogP contribution in [0.25, 0.3) is 0 Å². The fraction of sp³-hybridized carbons (Fsp3) is 0.250. The normalized spacial score (nSPS) is 12.9. The van der Waals surface area contributed by atoms with E-state index in [2.05, 4.69) is 0 Å². The zero-order valence-corrected chi connectivity index (χ0v) is 12.8. The molecule has 142 valence electrons. The topological polar surface area (TPSA) is 35.2 Å². The van der Waals surface area contributed by atoms with Crippen molar-refractivity contribution in [3.63, 3.8) is 0 Å². The minimum absolute atomic E-state index is 0.168. The fourth-order valence-electron chi connectivity index (χ4n) is 1.99. The second-order valence-electron chi connectivity index (χ2n) is 5.29. The molecule has 0 unspecified atom stereocenters. The first-order chi connectivity index (χ1) is 11.9. The van der Waals surface area contributed by atoms with E-state index in [4.69, 9.17) is 10.5 Å². The second kappa shape index (κ2) is 6.65. The SMILES string of the molecule is Nc1c(F)cc(C(F)(F)C(F)(F)C(F)(F)F)cc1OCc1ccccc1. The van der Waals surface area contributed by atoms with Crippen molar-refractivity contribution in [2.24, 2.45) is 0 Å². The number of alkyl halides is 7. The molecule has 0 heterocycles. The van der Waals surface area contributed by atoms with Crippen molar-refractivity contribution in [1.82, 2.24) is 0 Å². The molecule has 10 heteroatoms. The highest BCUT2D eigenvalue weighted by Gasteiger charge is 2.73. The highest BCUT2D eigenvalue weighted by molar-refractivity contribution is 5.56. The van der Waals surface area contributed by atoms with E-state index in [9.17, 15) is 35.1 Å².